The number of nitrogens with zero attached hydrogens (tertiary/aromatic N) is 9. The van der Waals surface area contributed by atoms with Crippen molar-refractivity contribution in [2.75, 3.05) is 0 Å². The zero-order valence-corrected chi connectivity index (χ0v) is 34.3. The highest BCUT2D eigenvalue weighted by Crippen LogP contribution is 2.46. The number of fused-ring (bicyclic) bond motifs is 6. The fraction of sp³-hybridized carbons (Fsp3) is 0.122. The highest BCUT2D eigenvalue weighted by Gasteiger charge is 2.39. The largest absolute Gasteiger partial charge is 0.417 e. The lowest BCUT2D eigenvalue weighted by Crippen LogP contribution is -2.13. The van der Waals surface area contributed by atoms with Crippen LogP contribution in [0.2, 0.25) is 0 Å². The molecular formula is C49H31F6N9. The molecule has 0 N–H and O–H groups in total. The van der Waals surface area contributed by atoms with E-state index in [-0.39, 0.29) is 17.2 Å². The SMILES string of the molecule is Cc1nc(C)nc(-c2ccc3c(c2)c2ccccc2n3-c2cc(C#N)c(-c3ccc(C(F)(F)F)cc3C(F)(F)F)cc2-n2c3ccccc3c3cc(-c4nc(C)nc(C)n4)ccc32)n1. The molecule has 9 nitrogen and oxygen atoms in total. The van der Waals surface area contributed by atoms with Gasteiger partial charge in [0.15, 0.2) is 11.6 Å². The van der Waals surface area contributed by atoms with Gasteiger partial charge in [0.1, 0.15) is 23.3 Å². The second-order valence-corrected chi connectivity index (χ2v) is 15.4. The van der Waals surface area contributed by atoms with E-state index in [2.05, 4.69) is 36.0 Å². The van der Waals surface area contributed by atoms with E-state index in [0.29, 0.717) is 80.0 Å². The Labute approximate surface area is 360 Å². The molecule has 314 valence electrons. The van der Waals surface area contributed by atoms with Gasteiger partial charge in [0, 0.05) is 38.2 Å². The van der Waals surface area contributed by atoms with Gasteiger partial charge in [0.2, 0.25) is 0 Å². The molecule has 6 aromatic carbocycles. The average Bonchev–Trinajstić information content (AvgIpc) is 3.76. The predicted molar refractivity (Wildman–Crippen MR) is 232 cm³/mol. The molecular weight excluding hydrogens is 829 g/mol. The Bertz CT molecular complexity index is 3570. The summed E-state index contributed by atoms with van der Waals surface area (Å²) in [6.45, 7) is 7.12. The summed E-state index contributed by atoms with van der Waals surface area (Å²) in [6.07, 6.45) is -10.3. The lowest BCUT2D eigenvalue weighted by atomic mass is 9.92. The highest BCUT2D eigenvalue weighted by atomic mass is 19.4. The maximum absolute atomic E-state index is 14.9. The molecule has 0 aliphatic carbocycles. The molecule has 0 atom stereocenters. The van der Waals surface area contributed by atoms with E-state index in [1.165, 1.54) is 12.1 Å². The summed E-state index contributed by atoms with van der Waals surface area (Å²) in [6, 6.07) is 33.1. The van der Waals surface area contributed by atoms with Gasteiger partial charge in [-0.1, -0.05) is 42.5 Å². The standard InChI is InChI=1S/C49H31F6N9/c1-25-57-26(2)60-46(59-25)29-13-17-42-37(19-29)34-9-5-7-11-40(34)63(42)44-21-31(24-56)36(33-16-15-32(48(50,51)52)22-39(33)49(53,54)55)23-45(44)64-41-12-8-6-10-35(41)38-20-30(14-18-43(38)64)47-61-27(3)58-28(4)62-47/h5-23H,1-4H3. The number of aryl methyl sites for hydroxylation is 4. The molecule has 0 saturated carbocycles. The molecule has 10 rings (SSSR count). The number of alkyl halides is 6. The maximum atomic E-state index is 14.9. The first-order valence-electron chi connectivity index (χ1n) is 19.9. The van der Waals surface area contributed by atoms with Crippen molar-refractivity contribution in [3.8, 4) is 51.3 Å². The molecule has 0 aliphatic heterocycles. The summed E-state index contributed by atoms with van der Waals surface area (Å²) < 4.78 is 90.4. The van der Waals surface area contributed by atoms with E-state index < -0.39 is 29.0 Å². The van der Waals surface area contributed by atoms with Gasteiger partial charge in [0.05, 0.1) is 56.2 Å². The van der Waals surface area contributed by atoms with Gasteiger partial charge in [-0.2, -0.15) is 31.6 Å². The van der Waals surface area contributed by atoms with E-state index in [1.54, 1.807) is 27.7 Å². The van der Waals surface area contributed by atoms with E-state index in [4.69, 9.17) is 0 Å². The van der Waals surface area contributed by atoms with Gasteiger partial charge >= 0.3 is 12.4 Å². The Balaban J connectivity index is 1.33. The number of hydrogen-bond donors (Lipinski definition) is 0. The van der Waals surface area contributed by atoms with Crippen LogP contribution in [0.15, 0.2) is 115 Å². The van der Waals surface area contributed by atoms with Crippen LogP contribution in [0.3, 0.4) is 0 Å². The fourth-order valence-electron chi connectivity index (χ4n) is 8.67. The lowest BCUT2D eigenvalue weighted by Gasteiger charge is -2.21. The van der Waals surface area contributed by atoms with Crippen LogP contribution in [0, 0.1) is 39.0 Å². The molecule has 15 heteroatoms. The monoisotopic (exact) mass is 859 g/mol. The Morgan fingerprint density at radius 1 is 0.453 bits per heavy atom. The number of benzene rings is 6. The molecule has 10 aromatic rings. The van der Waals surface area contributed by atoms with Crippen LogP contribution in [0.4, 0.5) is 26.3 Å². The molecule has 0 radical (unpaired) electrons. The Morgan fingerprint density at radius 2 is 0.906 bits per heavy atom. The van der Waals surface area contributed by atoms with Crippen molar-refractivity contribution in [1.82, 2.24) is 39.0 Å². The Hall–Kier alpha value is -7.99. The number of hydrogen-bond acceptors (Lipinski definition) is 7. The van der Waals surface area contributed by atoms with Crippen molar-refractivity contribution in [3.63, 3.8) is 0 Å². The number of aromatic nitrogens is 8. The van der Waals surface area contributed by atoms with Crippen LogP contribution >= 0.6 is 0 Å². The van der Waals surface area contributed by atoms with Crippen LogP contribution in [0.1, 0.15) is 40.0 Å². The Kier molecular flexibility index (Phi) is 9.12. The molecule has 0 aliphatic rings. The van der Waals surface area contributed by atoms with Crippen molar-refractivity contribution >= 4 is 43.6 Å². The summed E-state index contributed by atoms with van der Waals surface area (Å²) in [5.74, 6) is 3.12. The van der Waals surface area contributed by atoms with Gasteiger partial charge in [-0.05, 0) is 106 Å². The molecule has 0 amide bonds. The third kappa shape index (κ3) is 6.66. The summed E-state index contributed by atoms with van der Waals surface area (Å²) >= 11 is 0. The molecule has 64 heavy (non-hydrogen) atoms. The average molecular weight is 860 g/mol. The minimum atomic E-state index is -5.21. The molecule has 4 heterocycles. The number of nitriles is 1. The summed E-state index contributed by atoms with van der Waals surface area (Å²) in [5.41, 5.74) is 0.951. The topological polar surface area (TPSA) is 111 Å². The number of halogens is 6. The minimum Gasteiger partial charge on any atom is -0.307 e. The van der Waals surface area contributed by atoms with Crippen molar-refractivity contribution in [1.29, 1.82) is 5.26 Å². The predicted octanol–water partition coefficient (Wildman–Crippen LogP) is 12.4. The highest BCUT2D eigenvalue weighted by molar-refractivity contribution is 6.13. The summed E-state index contributed by atoms with van der Waals surface area (Å²) in [7, 11) is 0. The second-order valence-electron chi connectivity index (χ2n) is 15.4. The van der Waals surface area contributed by atoms with Crippen LogP contribution in [0.25, 0.3) is 88.9 Å². The minimum absolute atomic E-state index is 0.0940. The first kappa shape index (κ1) is 40.1. The smallest absolute Gasteiger partial charge is 0.307 e. The molecule has 0 saturated heterocycles. The van der Waals surface area contributed by atoms with Crippen molar-refractivity contribution in [2.45, 2.75) is 40.0 Å². The van der Waals surface area contributed by atoms with Gasteiger partial charge in [-0.15, -0.1) is 0 Å². The van der Waals surface area contributed by atoms with Crippen LogP contribution in [-0.4, -0.2) is 39.0 Å². The van der Waals surface area contributed by atoms with Gasteiger partial charge in [0.25, 0.3) is 0 Å². The molecule has 0 bridgehead atoms. The zero-order chi connectivity index (χ0) is 44.8. The van der Waals surface area contributed by atoms with E-state index in [0.717, 1.165) is 33.2 Å². The Morgan fingerprint density at radius 3 is 1.36 bits per heavy atom. The number of rotatable bonds is 5. The summed E-state index contributed by atoms with van der Waals surface area (Å²) in [5, 5.41) is 14.0. The molecule has 4 aromatic heterocycles. The number of para-hydroxylation sites is 2. The second kappa shape index (κ2) is 14.6. The van der Waals surface area contributed by atoms with E-state index >= 15 is 0 Å². The van der Waals surface area contributed by atoms with Crippen LogP contribution in [0.5, 0.6) is 0 Å². The van der Waals surface area contributed by atoms with Gasteiger partial charge < -0.3 is 9.13 Å². The van der Waals surface area contributed by atoms with Gasteiger partial charge in [-0.3, -0.25) is 0 Å². The molecule has 0 fully saturated rings. The zero-order valence-electron chi connectivity index (χ0n) is 34.3. The maximum Gasteiger partial charge on any atom is 0.417 e. The summed E-state index contributed by atoms with van der Waals surface area (Å²) in [4.78, 5) is 26.9. The van der Waals surface area contributed by atoms with Crippen LogP contribution < -0.4 is 0 Å². The third-order valence-corrected chi connectivity index (χ3v) is 11.2. The first-order valence-corrected chi connectivity index (χ1v) is 19.9. The van der Waals surface area contributed by atoms with Crippen molar-refractivity contribution < 1.29 is 26.3 Å². The lowest BCUT2D eigenvalue weighted by molar-refractivity contribution is -0.142. The van der Waals surface area contributed by atoms with E-state index in [1.807, 2.05) is 94.1 Å². The first-order chi connectivity index (χ1) is 30.6. The molecule has 0 unspecified atom stereocenters. The fourth-order valence-corrected chi connectivity index (χ4v) is 8.67. The van der Waals surface area contributed by atoms with Crippen molar-refractivity contribution in [2.24, 2.45) is 0 Å². The van der Waals surface area contributed by atoms with Crippen LogP contribution in [-0.2, 0) is 12.4 Å². The third-order valence-electron chi connectivity index (χ3n) is 11.2. The molecule has 0 spiro atoms. The van der Waals surface area contributed by atoms with Gasteiger partial charge in [-0.25, -0.2) is 29.9 Å². The normalized spacial score (nSPS) is 12.2. The quantitative estimate of drug-likeness (QED) is 0.158. The van der Waals surface area contributed by atoms with Crippen molar-refractivity contribution in [3.05, 3.63) is 155 Å². The van der Waals surface area contributed by atoms with E-state index in [9.17, 15) is 31.6 Å².